The quantitative estimate of drug-likeness (QED) is 0.860. The number of hydrogen-bond donors (Lipinski definition) is 1. The minimum Gasteiger partial charge on any atom is -0.325 e. The molecule has 1 saturated carbocycles. The maximum Gasteiger partial charge on any atom is 0.106 e. The highest BCUT2D eigenvalue weighted by molar-refractivity contribution is 7.12. The van der Waals surface area contributed by atoms with Gasteiger partial charge < -0.3 is 5.73 Å². The number of benzene rings is 1. The fourth-order valence-electron chi connectivity index (χ4n) is 1.79. The van der Waals surface area contributed by atoms with Gasteiger partial charge in [0, 0.05) is 5.54 Å². The molecule has 78 valence electrons. The molecule has 1 aliphatic carbocycles. The maximum atomic E-state index is 6.06. The molecule has 4 heteroatoms. The van der Waals surface area contributed by atoms with E-state index in [1.54, 1.807) is 0 Å². The van der Waals surface area contributed by atoms with E-state index in [1.807, 2.05) is 0 Å². The van der Waals surface area contributed by atoms with Crippen LogP contribution in [0.5, 0.6) is 0 Å². The van der Waals surface area contributed by atoms with Gasteiger partial charge in [-0.15, -0.1) is 5.10 Å². The second kappa shape index (κ2) is 3.25. The van der Waals surface area contributed by atoms with E-state index < -0.39 is 0 Å². The molecule has 2 aromatic rings. The summed E-state index contributed by atoms with van der Waals surface area (Å²) in [6, 6.07) is 6.39. The predicted octanol–water partition coefficient (Wildman–Crippen LogP) is 2.12. The van der Waals surface area contributed by atoms with Gasteiger partial charge in [-0.1, -0.05) is 10.6 Å². The number of aromatic nitrogens is 2. The molecule has 0 aliphatic heterocycles. The Morgan fingerprint density at radius 1 is 1.40 bits per heavy atom. The van der Waals surface area contributed by atoms with Crippen LogP contribution in [0.15, 0.2) is 18.2 Å². The molecule has 15 heavy (non-hydrogen) atoms. The molecule has 1 aromatic carbocycles. The van der Waals surface area contributed by atoms with Gasteiger partial charge in [0.1, 0.15) is 5.52 Å². The van der Waals surface area contributed by atoms with Crippen molar-refractivity contribution in [1.82, 2.24) is 9.59 Å². The van der Waals surface area contributed by atoms with Gasteiger partial charge in [0.25, 0.3) is 0 Å². The molecule has 1 fully saturated rings. The SMILES string of the molecule is NC1(CCc2ccc3snnc3c2)CC1. The zero-order valence-electron chi connectivity index (χ0n) is 8.44. The van der Waals surface area contributed by atoms with Crippen LogP contribution in [-0.4, -0.2) is 15.1 Å². The number of nitrogens with zero attached hydrogens (tertiary/aromatic N) is 2. The van der Waals surface area contributed by atoms with Gasteiger partial charge in [0.05, 0.1) is 4.70 Å². The summed E-state index contributed by atoms with van der Waals surface area (Å²) >= 11 is 1.45. The van der Waals surface area contributed by atoms with Crippen LogP contribution >= 0.6 is 11.5 Å². The summed E-state index contributed by atoms with van der Waals surface area (Å²) < 4.78 is 5.09. The van der Waals surface area contributed by atoms with Crippen molar-refractivity contribution < 1.29 is 0 Å². The van der Waals surface area contributed by atoms with Gasteiger partial charge >= 0.3 is 0 Å². The average Bonchev–Trinajstić information content (AvgIpc) is 2.80. The third-order valence-electron chi connectivity index (χ3n) is 3.11. The molecular weight excluding hydrogens is 206 g/mol. The van der Waals surface area contributed by atoms with Crippen LogP contribution in [0.25, 0.3) is 10.2 Å². The first-order valence-electron chi connectivity index (χ1n) is 5.25. The van der Waals surface area contributed by atoms with Crippen molar-refractivity contribution >= 4 is 21.7 Å². The van der Waals surface area contributed by atoms with Crippen molar-refractivity contribution in [1.29, 1.82) is 0 Å². The van der Waals surface area contributed by atoms with E-state index in [2.05, 4.69) is 27.8 Å². The van der Waals surface area contributed by atoms with Crippen molar-refractivity contribution in [2.45, 2.75) is 31.2 Å². The Morgan fingerprint density at radius 3 is 3.07 bits per heavy atom. The van der Waals surface area contributed by atoms with Crippen molar-refractivity contribution in [2.75, 3.05) is 0 Å². The minimum atomic E-state index is 0.148. The van der Waals surface area contributed by atoms with E-state index in [0.717, 1.165) is 23.1 Å². The van der Waals surface area contributed by atoms with Gasteiger partial charge in [0.2, 0.25) is 0 Å². The van der Waals surface area contributed by atoms with Crippen LogP contribution in [0.1, 0.15) is 24.8 Å². The van der Waals surface area contributed by atoms with Crippen LogP contribution < -0.4 is 5.73 Å². The first-order chi connectivity index (χ1) is 7.25. The van der Waals surface area contributed by atoms with Crippen molar-refractivity contribution in [2.24, 2.45) is 5.73 Å². The average molecular weight is 219 g/mol. The Morgan fingerprint density at radius 2 is 2.27 bits per heavy atom. The molecule has 0 unspecified atom stereocenters. The maximum absolute atomic E-state index is 6.06. The molecule has 0 atom stereocenters. The van der Waals surface area contributed by atoms with E-state index in [1.165, 1.54) is 29.9 Å². The van der Waals surface area contributed by atoms with Crippen LogP contribution in [0.2, 0.25) is 0 Å². The Kier molecular flexibility index (Phi) is 2.00. The third kappa shape index (κ3) is 1.87. The van der Waals surface area contributed by atoms with E-state index in [-0.39, 0.29) is 5.54 Å². The van der Waals surface area contributed by atoms with Crippen LogP contribution in [0, 0.1) is 0 Å². The lowest BCUT2D eigenvalue weighted by Crippen LogP contribution is -2.22. The Labute approximate surface area is 92.5 Å². The summed E-state index contributed by atoms with van der Waals surface area (Å²) in [5.74, 6) is 0. The molecule has 0 saturated heterocycles. The van der Waals surface area contributed by atoms with E-state index in [0.29, 0.717) is 0 Å². The summed E-state index contributed by atoms with van der Waals surface area (Å²) in [6.45, 7) is 0. The summed E-state index contributed by atoms with van der Waals surface area (Å²) in [4.78, 5) is 0. The van der Waals surface area contributed by atoms with Crippen LogP contribution in [0.4, 0.5) is 0 Å². The fourth-order valence-corrected chi connectivity index (χ4v) is 2.32. The van der Waals surface area contributed by atoms with Gasteiger partial charge in [-0.2, -0.15) is 0 Å². The summed E-state index contributed by atoms with van der Waals surface area (Å²) in [5.41, 5.74) is 8.55. The Hall–Kier alpha value is -1.00. The lowest BCUT2D eigenvalue weighted by molar-refractivity contribution is 0.609. The van der Waals surface area contributed by atoms with E-state index in [4.69, 9.17) is 5.73 Å². The van der Waals surface area contributed by atoms with Gasteiger partial charge in [-0.05, 0) is 54.9 Å². The fraction of sp³-hybridized carbons (Fsp3) is 0.455. The van der Waals surface area contributed by atoms with Crippen molar-refractivity contribution in [3.63, 3.8) is 0 Å². The van der Waals surface area contributed by atoms with E-state index >= 15 is 0 Å². The lowest BCUT2D eigenvalue weighted by Gasteiger charge is -2.07. The zero-order chi connectivity index (χ0) is 10.3. The third-order valence-corrected chi connectivity index (χ3v) is 3.82. The molecule has 2 N–H and O–H groups in total. The topological polar surface area (TPSA) is 51.8 Å². The van der Waals surface area contributed by atoms with E-state index in [9.17, 15) is 0 Å². The smallest absolute Gasteiger partial charge is 0.106 e. The highest BCUT2D eigenvalue weighted by atomic mass is 32.1. The number of nitrogens with two attached hydrogens (primary N) is 1. The summed E-state index contributed by atoms with van der Waals surface area (Å²) in [7, 11) is 0. The number of aryl methyl sites for hydroxylation is 1. The molecule has 3 nitrogen and oxygen atoms in total. The van der Waals surface area contributed by atoms with Gasteiger partial charge in [-0.25, -0.2) is 0 Å². The highest BCUT2D eigenvalue weighted by Crippen LogP contribution is 2.36. The van der Waals surface area contributed by atoms with Crippen LogP contribution in [-0.2, 0) is 6.42 Å². The summed E-state index contributed by atoms with van der Waals surface area (Å²) in [6.07, 6.45) is 4.53. The molecule has 0 amide bonds. The number of fused-ring (bicyclic) bond motifs is 1. The monoisotopic (exact) mass is 219 g/mol. The molecule has 3 rings (SSSR count). The lowest BCUT2D eigenvalue weighted by atomic mass is 10.0. The van der Waals surface area contributed by atoms with Crippen molar-refractivity contribution in [3.8, 4) is 0 Å². The highest BCUT2D eigenvalue weighted by Gasteiger charge is 2.37. The minimum absolute atomic E-state index is 0.148. The normalized spacial score (nSPS) is 18.2. The molecular formula is C11H13N3S. The first-order valence-corrected chi connectivity index (χ1v) is 6.02. The number of hydrogen-bond acceptors (Lipinski definition) is 4. The molecule has 1 heterocycles. The molecule has 1 aliphatic rings. The molecule has 0 spiro atoms. The predicted molar refractivity (Wildman–Crippen MR) is 61.9 cm³/mol. The Balaban J connectivity index is 1.78. The summed E-state index contributed by atoms with van der Waals surface area (Å²) in [5, 5.41) is 4.08. The standard InChI is InChI=1S/C11H13N3S/c12-11(5-6-11)4-3-8-1-2-10-9(7-8)13-14-15-10/h1-2,7H,3-6,12H2. The zero-order valence-corrected chi connectivity index (χ0v) is 9.26. The Bertz CT molecular complexity index is 487. The van der Waals surface area contributed by atoms with Gasteiger partial charge in [0.15, 0.2) is 0 Å². The molecule has 1 aromatic heterocycles. The van der Waals surface area contributed by atoms with Crippen molar-refractivity contribution in [3.05, 3.63) is 23.8 Å². The second-order valence-corrected chi connectivity index (χ2v) is 5.22. The second-order valence-electron chi connectivity index (χ2n) is 4.44. The molecule has 0 bridgehead atoms. The number of rotatable bonds is 3. The first kappa shape index (κ1) is 9.24. The largest absolute Gasteiger partial charge is 0.325 e. The molecule has 0 radical (unpaired) electrons. The van der Waals surface area contributed by atoms with Gasteiger partial charge in [-0.3, -0.25) is 0 Å². The van der Waals surface area contributed by atoms with Crippen LogP contribution in [0.3, 0.4) is 0 Å².